The Morgan fingerprint density at radius 1 is 1.14 bits per heavy atom. The van der Waals surface area contributed by atoms with Gasteiger partial charge in [0.05, 0.1) is 19.8 Å². The van der Waals surface area contributed by atoms with Gasteiger partial charge in [0.25, 0.3) is 0 Å². The van der Waals surface area contributed by atoms with Crippen molar-refractivity contribution in [3.63, 3.8) is 0 Å². The zero-order chi connectivity index (χ0) is 15.7. The molecule has 0 aliphatic rings. The third kappa shape index (κ3) is 5.95. The molecule has 0 radical (unpaired) electrons. The minimum atomic E-state index is -0.363. The van der Waals surface area contributed by atoms with E-state index in [4.69, 9.17) is 0 Å². The maximum absolute atomic E-state index is 11.3. The van der Waals surface area contributed by atoms with Crippen LogP contribution in [0.25, 0.3) is 0 Å². The average Bonchev–Trinajstić information content (AvgIpc) is 2.53. The number of esters is 2. The molecule has 5 nitrogen and oxygen atoms in total. The molecule has 1 aromatic rings. The van der Waals surface area contributed by atoms with Gasteiger partial charge in [-0.05, 0) is 42.9 Å². The molecule has 0 aliphatic carbocycles. The predicted molar refractivity (Wildman–Crippen MR) is 77.9 cm³/mol. The average molecular weight is 294 g/mol. The number of carbonyl (C=O) groups excluding carboxylic acids is 2. The summed E-state index contributed by atoms with van der Waals surface area (Å²) < 4.78 is 9.23. The molecule has 0 aromatic heterocycles. The van der Waals surface area contributed by atoms with Crippen LogP contribution in [0.2, 0.25) is 0 Å². The Morgan fingerprint density at radius 3 is 2.33 bits per heavy atom. The first-order chi connectivity index (χ1) is 10.1. The van der Waals surface area contributed by atoms with E-state index in [0.717, 1.165) is 12.0 Å². The van der Waals surface area contributed by atoms with E-state index in [0.29, 0.717) is 24.8 Å². The van der Waals surface area contributed by atoms with E-state index in [2.05, 4.69) is 9.47 Å². The van der Waals surface area contributed by atoms with Crippen molar-refractivity contribution in [3.05, 3.63) is 35.4 Å². The molecule has 0 heterocycles. The van der Waals surface area contributed by atoms with Crippen molar-refractivity contribution in [2.45, 2.75) is 25.7 Å². The van der Waals surface area contributed by atoms with Crippen LogP contribution in [0.15, 0.2) is 24.3 Å². The zero-order valence-electron chi connectivity index (χ0n) is 12.5. The van der Waals surface area contributed by atoms with Crippen LogP contribution in [0.1, 0.15) is 35.2 Å². The van der Waals surface area contributed by atoms with E-state index in [1.165, 1.54) is 14.2 Å². The second-order valence-corrected chi connectivity index (χ2v) is 4.91. The summed E-state index contributed by atoms with van der Waals surface area (Å²) in [6, 6.07) is 7.14. The first kappa shape index (κ1) is 17.2. The molecule has 0 fully saturated rings. The van der Waals surface area contributed by atoms with Crippen LogP contribution in [0.4, 0.5) is 0 Å². The third-order valence-corrected chi connectivity index (χ3v) is 3.38. The number of benzene rings is 1. The maximum Gasteiger partial charge on any atom is 0.337 e. The lowest BCUT2D eigenvalue weighted by molar-refractivity contribution is -0.140. The number of rotatable bonds is 8. The summed E-state index contributed by atoms with van der Waals surface area (Å²) in [5, 5.41) is 9.40. The van der Waals surface area contributed by atoms with E-state index in [9.17, 15) is 14.7 Å². The van der Waals surface area contributed by atoms with Gasteiger partial charge in [-0.25, -0.2) is 4.79 Å². The molecule has 116 valence electrons. The van der Waals surface area contributed by atoms with Crippen LogP contribution in [-0.2, 0) is 20.7 Å². The third-order valence-electron chi connectivity index (χ3n) is 3.38. The molecule has 1 atom stereocenters. The fraction of sp³-hybridized carbons (Fsp3) is 0.500. The Kier molecular flexibility index (Phi) is 7.46. The van der Waals surface area contributed by atoms with Crippen molar-refractivity contribution in [1.82, 2.24) is 0 Å². The molecule has 1 aromatic carbocycles. The molecule has 0 aliphatic heterocycles. The van der Waals surface area contributed by atoms with Gasteiger partial charge < -0.3 is 14.6 Å². The van der Waals surface area contributed by atoms with Gasteiger partial charge in [0.15, 0.2) is 0 Å². The summed E-state index contributed by atoms with van der Waals surface area (Å²) >= 11 is 0. The maximum atomic E-state index is 11.3. The van der Waals surface area contributed by atoms with Gasteiger partial charge in [0.1, 0.15) is 0 Å². The van der Waals surface area contributed by atoms with E-state index < -0.39 is 0 Å². The van der Waals surface area contributed by atoms with Crippen LogP contribution in [-0.4, -0.2) is 37.9 Å². The fourth-order valence-corrected chi connectivity index (χ4v) is 2.12. The van der Waals surface area contributed by atoms with Crippen LogP contribution < -0.4 is 0 Å². The summed E-state index contributed by atoms with van der Waals surface area (Å²) in [6.07, 6.45) is 2.52. The highest BCUT2D eigenvalue weighted by molar-refractivity contribution is 5.89. The van der Waals surface area contributed by atoms with E-state index in [1.807, 2.05) is 12.1 Å². The van der Waals surface area contributed by atoms with E-state index in [-0.39, 0.29) is 24.5 Å². The predicted octanol–water partition coefficient (Wildman–Crippen LogP) is 1.97. The molecule has 0 spiro atoms. The molecule has 21 heavy (non-hydrogen) atoms. The highest BCUT2D eigenvalue weighted by atomic mass is 16.5. The van der Waals surface area contributed by atoms with Crippen molar-refractivity contribution in [1.29, 1.82) is 0 Å². The fourth-order valence-electron chi connectivity index (χ4n) is 2.12. The van der Waals surface area contributed by atoms with Crippen LogP contribution in [0, 0.1) is 5.92 Å². The van der Waals surface area contributed by atoms with E-state index in [1.54, 1.807) is 12.1 Å². The standard InChI is InChI=1S/C16H22O5/c1-20-15(18)5-3-4-13(11-17)10-12-6-8-14(9-7-12)16(19)21-2/h6-9,13,17H,3-5,10-11H2,1-2H3. The highest BCUT2D eigenvalue weighted by Crippen LogP contribution is 2.16. The van der Waals surface area contributed by atoms with Gasteiger partial charge in [0.2, 0.25) is 0 Å². The van der Waals surface area contributed by atoms with Crippen LogP contribution in [0.3, 0.4) is 0 Å². The Balaban J connectivity index is 2.49. The lowest BCUT2D eigenvalue weighted by atomic mass is 9.94. The second-order valence-electron chi connectivity index (χ2n) is 4.91. The van der Waals surface area contributed by atoms with Crippen molar-refractivity contribution in [3.8, 4) is 0 Å². The van der Waals surface area contributed by atoms with Crippen molar-refractivity contribution in [2.24, 2.45) is 5.92 Å². The molecule has 1 unspecified atom stereocenters. The Hall–Kier alpha value is -1.88. The molecule has 1 rings (SSSR count). The van der Waals surface area contributed by atoms with E-state index >= 15 is 0 Å². The van der Waals surface area contributed by atoms with Crippen LogP contribution in [0.5, 0.6) is 0 Å². The topological polar surface area (TPSA) is 72.8 Å². The molecule has 1 N–H and O–H groups in total. The first-order valence-electron chi connectivity index (χ1n) is 6.95. The number of ether oxygens (including phenoxy) is 2. The normalized spacial score (nSPS) is 11.8. The molecule has 0 saturated carbocycles. The minimum Gasteiger partial charge on any atom is -0.469 e. The van der Waals surface area contributed by atoms with Gasteiger partial charge in [-0.2, -0.15) is 0 Å². The highest BCUT2D eigenvalue weighted by Gasteiger charge is 2.11. The Labute approximate surface area is 124 Å². The summed E-state index contributed by atoms with van der Waals surface area (Å²) in [6.45, 7) is 0.0694. The zero-order valence-corrected chi connectivity index (χ0v) is 12.5. The monoisotopic (exact) mass is 294 g/mol. The van der Waals surface area contributed by atoms with Gasteiger partial charge in [0, 0.05) is 13.0 Å². The summed E-state index contributed by atoms with van der Waals surface area (Å²) in [4.78, 5) is 22.4. The van der Waals surface area contributed by atoms with Crippen molar-refractivity contribution in [2.75, 3.05) is 20.8 Å². The smallest absolute Gasteiger partial charge is 0.337 e. The van der Waals surface area contributed by atoms with Crippen LogP contribution >= 0.6 is 0 Å². The molecular weight excluding hydrogens is 272 g/mol. The largest absolute Gasteiger partial charge is 0.469 e. The molecular formula is C16H22O5. The quantitative estimate of drug-likeness (QED) is 0.742. The molecule has 5 heteroatoms. The van der Waals surface area contributed by atoms with Gasteiger partial charge in [-0.15, -0.1) is 0 Å². The number of carbonyl (C=O) groups is 2. The van der Waals surface area contributed by atoms with Crippen molar-refractivity contribution < 1.29 is 24.2 Å². The number of hydrogen-bond donors (Lipinski definition) is 1. The minimum absolute atomic E-state index is 0.0694. The Bertz CT molecular complexity index is 452. The number of aliphatic hydroxyl groups excluding tert-OH is 1. The Morgan fingerprint density at radius 2 is 1.81 bits per heavy atom. The first-order valence-corrected chi connectivity index (χ1v) is 6.95. The summed E-state index contributed by atoms with van der Waals surface area (Å²) in [7, 11) is 2.72. The SMILES string of the molecule is COC(=O)CCCC(CO)Cc1ccc(C(=O)OC)cc1. The lowest BCUT2D eigenvalue weighted by Gasteiger charge is -2.14. The molecule has 0 bridgehead atoms. The second kappa shape index (κ2) is 9.13. The number of methoxy groups -OCH3 is 2. The van der Waals surface area contributed by atoms with Crippen molar-refractivity contribution >= 4 is 11.9 Å². The molecule has 0 saturated heterocycles. The van der Waals surface area contributed by atoms with Gasteiger partial charge in [-0.3, -0.25) is 4.79 Å². The lowest BCUT2D eigenvalue weighted by Crippen LogP contribution is -2.11. The number of hydrogen-bond acceptors (Lipinski definition) is 5. The summed E-state index contributed by atoms with van der Waals surface area (Å²) in [5.41, 5.74) is 1.55. The van der Waals surface area contributed by atoms with Gasteiger partial charge in [-0.1, -0.05) is 12.1 Å². The number of aliphatic hydroxyl groups is 1. The summed E-state index contributed by atoms with van der Waals surface area (Å²) in [5.74, 6) is -0.494. The van der Waals surface area contributed by atoms with Gasteiger partial charge >= 0.3 is 11.9 Å². The molecule has 0 amide bonds.